The standard InChI is InChI=1S/C15H25N3O/c1-17-7-6-13(10-17)11-18(2)9-12-4-5-15(19-3)14(16)8-12/h4-5,8,13H,6-7,9-11,16H2,1-3H3. The summed E-state index contributed by atoms with van der Waals surface area (Å²) in [5.74, 6) is 1.55. The monoisotopic (exact) mass is 263 g/mol. The molecule has 1 aliphatic rings. The zero-order valence-electron chi connectivity index (χ0n) is 12.2. The fourth-order valence-electron chi connectivity index (χ4n) is 2.87. The van der Waals surface area contributed by atoms with Crippen molar-refractivity contribution >= 4 is 5.69 Å². The molecule has 2 N–H and O–H groups in total. The van der Waals surface area contributed by atoms with Gasteiger partial charge in [0.05, 0.1) is 12.8 Å². The summed E-state index contributed by atoms with van der Waals surface area (Å²) in [5.41, 5.74) is 7.90. The Morgan fingerprint density at radius 2 is 2.26 bits per heavy atom. The van der Waals surface area contributed by atoms with Gasteiger partial charge >= 0.3 is 0 Å². The topological polar surface area (TPSA) is 41.7 Å². The number of likely N-dealkylation sites (tertiary alicyclic amines) is 1. The van der Waals surface area contributed by atoms with Gasteiger partial charge in [-0.2, -0.15) is 0 Å². The number of nitrogens with zero attached hydrogens (tertiary/aromatic N) is 2. The molecule has 0 bridgehead atoms. The van der Waals surface area contributed by atoms with E-state index in [9.17, 15) is 0 Å². The number of methoxy groups -OCH3 is 1. The number of nitrogens with two attached hydrogens (primary N) is 1. The fourth-order valence-corrected chi connectivity index (χ4v) is 2.87. The zero-order valence-corrected chi connectivity index (χ0v) is 12.2. The van der Waals surface area contributed by atoms with Crippen LogP contribution in [-0.2, 0) is 6.54 Å². The predicted octanol–water partition coefficient (Wildman–Crippen LogP) is 1.66. The molecule has 0 amide bonds. The Kier molecular flexibility index (Phi) is 4.66. The highest BCUT2D eigenvalue weighted by atomic mass is 16.5. The van der Waals surface area contributed by atoms with Crippen molar-refractivity contribution in [1.82, 2.24) is 9.80 Å². The van der Waals surface area contributed by atoms with Gasteiger partial charge in [-0.15, -0.1) is 0 Å². The molecule has 19 heavy (non-hydrogen) atoms. The van der Waals surface area contributed by atoms with E-state index in [1.165, 1.54) is 25.1 Å². The Morgan fingerprint density at radius 1 is 1.47 bits per heavy atom. The molecule has 0 radical (unpaired) electrons. The van der Waals surface area contributed by atoms with E-state index >= 15 is 0 Å². The molecule has 0 aromatic heterocycles. The van der Waals surface area contributed by atoms with E-state index in [0.717, 1.165) is 24.8 Å². The van der Waals surface area contributed by atoms with Crippen molar-refractivity contribution in [1.29, 1.82) is 0 Å². The van der Waals surface area contributed by atoms with Gasteiger partial charge in [-0.05, 0) is 50.7 Å². The number of hydrogen-bond donors (Lipinski definition) is 1. The Bertz CT molecular complexity index is 422. The molecule has 4 heteroatoms. The van der Waals surface area contributed by atoms with Crippen LogP contribution in [-0.4, -0.2) is 50.6 Å². The average Bonchev–Trinajstić information content (AvgIpc) is 2.74. The third-order valence-electron chi connectivity index (χ3n) is 3.81. The molecule has 1 fully saturated rings. The van der Waals surface area contributed by atoms with E-state index in [-0.39, 0.29) is 0 Å². The van der Waals surface area contributed by atoms with Gasteiger partial charge < -0.3 is 20.3 Å². The maximum atomic E-state index is 5.94. The molecular formula is C15H25N3O. The van der Waals surface area contributed by atoms with Crippen LogP contribution in [0.25, 0.3) is 0 Å². The van der Waals surface area contributed by atoms with Crippen LogP contribution in [0.1, 0.15) is 12.0 Å². The normalized spacial score (nSPS) is 20.1. The predicted molar refractivity (Wildman–Crippen MR) is 79.3 cm³/mol. The second-order valence-corrected chi connectivity index (χ2v) is 5.69. The SMILES string of the molecule is COc1ccc(CN(C)CC2CCN(C)C2)cc1N. The molecule has 1 atom stereocenters. The molecule has 1 saturated heterocycles. The summed E-state index contributed by atoms with van der Waals surface area (Å²) in [6.45, 7) is 4.54. The van der Waals surface area contributed by atoms with Crippen LogP contribution in [0.4, 0.5) is 5.69 Å². The zero-order chi connectivity index (χ0) is 13.8. The number of hydrogen-bond acceptors (Lipinski definition) is 4. The second kappa shape index (κ2) is 6.26. The van der Waals surface area contributed by atoms with Crippen molar-refractivity contribution < 1.29 is 4.74 Å². The molecule has 1 unspecified atom stereocenters. The molecule has 1 heterocycles. The molecule has 1 aromatic carbocycles. The van der Waals surface area contributed by atoms with Crippen LogP contribution in [0.2, 0.25) is 0 Å². The summed E-state index contributed by atoms with van der Waals surface area (Å²) in [5, 5.41) is 0. The van der Waals surface area contributed by atoms with E-state index in [4.69, 9.17) is 10.5 Å². The molecule has 0 spiro atoms. The van der Waals surface area contributed by atoms with Gasteiger partial charge in [-0.3, -0.25) is 0 Å². The number of ether oxygens (including phenoxy) is 1. The van der Waals surface area contributed by atoms with Gasteiger partial charge in [0, 0.05) is 19.6 Å². The third-order valence-corrected chi connectivity index (χ3v) is 3.81. The van der Waals surface area contributed by atoms with E-state index in [0.29, 0.717) is 5.69 Å². The smallest absolute Gasteiger partial charge is 0.141 e. The molecule has 1 aliphatic heterocycles. The second-order valence-electron chi connectivity index (χ2n) is 5.69. The fraction of sp³-hybridized carbons (Fsp3) is 0.600. The molecule has 0 aliphatic carbocycles. The highest BCUT2D eigenvalue weighted by Gasteiger charge is 2.20. The van der Waals surface area contributed by atoms with Gasteiger partial charge in [0.15, 0.2) is 0 Å². The molecule has 106 valence electrons. The maximum absolute atomic E-state index is 5.94. The van der Waals surface area contributed by atoms with Crippen molar-refractivity contribution in [3.63, 3.8) is 0 Å². The highest BCUT2D eigenvalue weighted by Crippen LogP contribution is 2.23. The summed E-state index contributed by atoms with van der Waals surface area (Å²) in [4.78, 5) is 4.79. The van der Waals surface area contributed by atoms with Crippen molar-refractivity contribution in [2.45, 2.75) is 13.0 Å². The van der Waals surface area contributed by atoms with E-state index in [1.54, 1.807) is 7.11 Å². The lowest BCUT2D eigenvalue weighted by molar-refractivity contribution is 0.267. The lowest BCUT2D eigenvalue weighted by Crippen LogP contribution is -2.27. The first-order valence-corrected chi connectivity index (χ1v) is 6.88. The first-order chi connectivity index (χ1) is 9.08. The lowest BCUT2D eigenvalue weighted by atomic mass is 10.1. The Labute approximate surface area is 116 Å². The summed E-state index contributed by atoms with van der Waals surface area (Å²) in [7, 11) is 6.02. The highest BCUT2D eigenvalue weighted by molar-refractivity contribution is 5.54. The molecule has 0 saturated carbocycles. The van der Waals surface area contributed by atoms with E-state index < -0.39 is 0 Å². The minimum absolute atomic E-state index is 0.717. The summed E-state index contributed by atoms with van der Waals surface area (Å²) < 4.78 is 5.18. The number of rotatable bonds is 5. The minimum atomic E-state index is 0.717. The van der Waals surface area contributed by atoms with Crippen LogP contribution in [0.5, 0.6) is 5.75 Å². The van der Waals surface area contributed by atoms with Gasteiger partial charge in [0.2, 0.25) is 0 Å². The minimum Gasteiger partial charge on any atom is -0.495 e. The average molecular weight is 263 g/mol. The van der Waals surface area contributed by atoms with Crippen LogP contribution < -0.4 is 10.5 Å². The molecule has 4 nitrogen and oxygen atoms in total. The van der Waals surface area contributed by atoms with Crippen molar-refractivity contribution in [3.8, 4) is 5.75 Å². The van der Waals surface area contributed by atoms with E-state index in [1.807, 2.05) is 12.1 Å². The van der Waals surface area contributed by atoms with Gasteiger partial charge in [0.25, 0.3) is 0 Å². The lowest BCUT2D eigenvalue weighted by Gasteiger charge is -2.21. The summed E-state index contributed by atoms with van der Waals surface area (Å²) >= 11 is 0. The molecule has 2 rings (SSSR count). The Balaban J connectivity index is 1.88. The first-order valence-electron chi connectivity index (χ1n) is 6.88. The summed E-state index contributed by atoms with van der Waals surface area (Å²) in [6.07, 6.45) is 1.31. The first kappa shape index (κ1) is 14.2. The Hall–Kier alpha value is -1.26. The number of nitrogen functional groups attached to an aromatic ring is 1. The van der Waals surface area contributed by atoms with Crippen LogP contribution in [0.15, 0.2) is 18.2 Å². The van der Waals surface area contributed by atoms with Crippen molar-refractivity contribution in [2.75, 3.05) is 46.6 Å². The van der Waals surface area contributed by atoms with Crippen LogP contribution in [0.3, 0.4) is 0 Å². The van der Waals surface area contributed by atoms with Crippen molar-refractivity contribution in [3.05, 3.63) is 23.8 Å². The van der Waals surface area contributed by atoms with Crippen LogP contribution >= 0.6 is 0 Å². The quantitative estimate of drug-likeness (QED) is 0.820. The van der Waals surface area contributed by atoms with Crippen molar-refractivity contribution in [2.24, 2.45) is 5.92 Å². The van der Waals surface area contributed by atoms with Crippen LogP contribution in [0, 0.1) is 5.92 Å². The van der Waals surface area contributed by atoms with Gasteiger partial charge in [-0.1, -0.05) is 6.07 Å². The third kappa shape index (κ3) is 3.85. The Morgan fingerprint density at radius 3 is 2.84 bits per heavy atom. The molecular weight excluding hydrogens is 238 g/mol. The number of benzene rings is 1. The summed E-state index contributed by atoms with van der Waals surface area (Å²) in [6, 6.07) is 6.05. The molecule has 1 aromatic rings. The largest absolute Gasteiger partial charge is 0.495 e. The van der Waals surface area contributed by atoms with Gasteiger partial charge in [-0.25, -0.2) is 0 Å². The number of anilines is 1. The maximum Gasteiger partial charge on any atom is 0.141 e. The van der Waals surface area contributed by atoms with E-state index in [2.05, 4.69) is 30.0 Å². The van der Waals surface area contributed by atoms with Gasteiger partial charge in [0.1, 0.15) is 5.75 Å².